The lowest BCUT2D eigenvalue weighted by Crippen LogP contribution is -2.15. The van der Waals surface area contributed by atoms with Gasteiger partial charge in [0, 0.05) is 4.43 Å². The molecule has 0 fully saturated rings. The third-order valence-electron chi connectivity index (χ3n) is 4.18. The van der Waals surface area contributed by atoms with Crippen molar-refractivity contribution in [1.29, 1.82) is 0 Å². The Morgan fingerprint density at radius 3 is 0.595 bits per heavy atom. The predicted octanol–water partition coefficient (Wildman–Crippen LogP) is 0.596. The number of alkyl halides is 1. The zero-order chi connectivity index (χ0) is 26.7. The van der Waals surface area contributed by atoms with Gasteiger partial charge < -0.3 is 57.2 Å². The zero-order valence-corrected chi connectivity index (χ0v) is 24.4. The summed E-state index contributed by atoms with van der Waals surface area (Å²) in [6.07, 6.45) is 0. The van der Waals surface area contributed by atoms with Crippen LogP contribution in [0.15, 0.2) is 0 Å². The Morgan fingerprint density at radius 2 is 0.432 bits per heavy atom. The van der Waals surface area contributed by atoms with Gasteiger partial charge in [0.05, 0.1) is 152 Å². The third-order valence-corrected chi connectivity index (χ3v) is 4.62. The molecule has 0 heterocycles. The van der Waals surface area contributed by atoms with Crippen molar-refractivity contribution in [2.75, 3.05) is 156 Å². The molecule has 0 radical (unpaired) electrons. The molecule has 0 aromatic heterocycles. The molecule has 0 aromatic carbocycles. The van der Waals surface area contributed by atoms with Crippen molar-refractivity contribution >= 4 is 22.6 Å². The van der Waals surface area contributed by atoms with Crippen molar-refractivity contribution in [2.45, 2.75) is 0 Å². The van der Waals surface area contributed by atoms with Gasteiger partial charge in [-0.3, -0.25) is 0 Å². The monoisotopic (exact) mass is 656 g/mol. The fourth-order valence-electron chi connectivity index (χ4n) is 2.42. The van der Waals surface area contributed by atoms with Crippen molar-refractivity contribution in [1.82, 2.24) is 0 Å². The number of hydrogen-bond acceptors (Lipinski definition) is 12. The molecular weight excluding hydrogens is 607 g/mol. The minimum absolute atomic E-state index is 0.0283. The first kappa shape index (κ1) is 37.2. The van der Waals surface area contributed by atoms with Gasteiger partial charge in [-0.2, -0.15) is 0 Å². The number of ether oxygens (including phenoxy) is 11. The van der Waals surface area contributed by atoms with Crippen molar-refractivity contribution in [3.63, 3.8) is 0 Å². The second-order valence-corrected chi connectivity index (χ2v) is 8.23. The molecule has 0 aliphatic carbocycles. The summed E-state index contributed by atoms with van der Waals surface area (Å²) in [5.41, 5.74) is 0. The summed E-state index contributed by atoms with van der Waals surface area (Å²) in [5.74, 6) is 0. The first-order valence-corrected chi connectivity index (χ1v) is 14.5. The van der Waals surface area contributed by atoms with Crippen molar-refractivity contribution in [3.05, 3.63) is 0 Å². The van der Waals surface area contributed by atoms with E-state index >= 15 is 0 Å². The molecule has 0 atom stereocenters. The van der Waals surface area contributed by atoms with E-state index < -0.39 is 0 Å². The van der Waals surface area contributed by atoms with E-state index in [0.717, 1.165) is 11.0 Å². The highest BCUT2D eigenvalue weighted by Gasteiger charge is 1.96. The fraction of sp³-hybridized carbons (Fsp3) is 1.00. The SMILES string of the molecule is OCCOCCOCCOCCOCCOCCOCCOCCOCCOCCOCCOCCI. The van der Waals surface area contributed by atoms with E-state index in [0.29, 0.717) is 139 Å². The number of aliphatic hydroxyl groups is 1. The molecule has 0 amide bonds. The lowest BCUT2D eigenvalue weighted by molar-refractivity contribution is -0.0276. The van der Waals surface area contributed by atoms with Crippen LogP contribution in [0.1, 0.15) is 0 Å². The van der Waals surface area contributed by atoms with E-state index in [9.17, 15) is 0 Å². The molecule has 0 aromatic rings. The molecule has 0 spiro atoms. The molecule has 0 saturated heterocycles. The minimum atomic E-state index is 0.0283. The van der Waals surface area contributed by atoms with Gasteiger partial charge in [-0.1, -0.05) is 22.6 Å². The summed E-state index contributed by atoms with van der Waals surface area (Å²) in [6.45, 7) is 11.7. The Bertz CT molecular complexity index is 365. The van der Waals surface area contributed by atoms with Crippen LogP contribution in [0.4, 0.5) is 0 Å². The second-order valence-electron chi connectivity index (χ2n) is 7.15. The van der Waals surface area contributed by atoms with Crippen LogP contribution in [0, 0.1) is 0 Å². The summed E-state index contributed by atoms with van der Waals surface area (Å²) >= 11 is 2.28. The Labute approximate surface area is 235 Å². The molecule has 12 nitrogen and oxygen atoms in total. The molecule has 0 aliphatic heterocycles. The maximum atomic E-state index is 8.56. The van der Waals surface area contributed by atoms with E-state index in [-0.39, 0.29) is 6.61 Å². The van der Waals surface area contributed by atoms with Crippen molar-refractivity contribution in [3.8, 4) is 0 Å². The van der Waals surface area contributed by atoms with Gasteiger partial charge in [0.2, 0.25) is 0 Å². The fourth-order valence-corrected chi connectivity index (χ4v) is 2.73. The maximum absolute atomic E-state index is 8.56. The molecule has 224 valence electrons. The van der Waals surface area contributed by atoms with Crippen LogP contribution in [-0.4, -0.2) is 161 Å². The van der Waals surface area contributed by atoms with Gasteiger partial charge >= 0.3 is 0 Å². The zero-order valence-electron chi connectivity index (χ0n) is 22.3. The standard InChI is InChI=1S/C24H49IO12/c25-1-3-27-5-7-29-9-11-31-13-15-33-17-19-35-21-23-37-24-22-36-20-18-34-16-14-32-12-10-30-8-6-28-4-2-26/h26H,1-24H2. The molecule has 0 unspecified atom stereocenters. The Balaban J connectivity index is 3.00. The summed E-state index contributed by atoms with van der Waals surface area (Å²) in [6, 6.07) is 0. The first-order valence-electron chi connectivity index (χ1n) is 12.9. The van der Waals surface area contributed by atoms with E-state index in [4.69, 9.17) is 57.2 Å². The van der Waals surface area contributed by atoms with Gasteiger partial charge in [-0.25, -0.2) is 0 Å². The normalized spacial score (nSPS) is 11.5. The first-order chi connectivity index (χ1) is 18.4. The van der Waals surface area contributed by atoms with E-state index in [1.807, 2.05) is 0 Å². The second kappa shape index (κ2) is 36.2. The van der Waals surface area contributed by atoms with E-state index in [1.54, 1.807) is 0 Å². The highest BCUT2D eigenvalue weighted by atomic mass is 127. The van der Waals surface area contributed by atoms with Crippen LogP contribution in [0.5, 0.6) is 0 Å². The Hall–Kier alpha value is 0.250. The summed E-state index contributed by atoms with van der Waals surface area (Å²) in [5, 5.41) is 8.56. The van der Waals surface area contributed by atoms with Crippen LogP contribution in [0.2, 0.25) is 0 Å². The van der Waals surface area contributed by atoms with Crippen LogP contribution < -0.4 is 0 Å². The molecule has 1 N–H and O–H groups in total. The average Bonchev–Trinajstić information content (AvgIpc) is 2.91. The van der Waals surface area contributed by atoms with Gasteiger partial charge in [-0.05, 0) is 0 Å². The predicted molar refractivity (Wildman–Crippen MR) is 145 cm³/mol. The maximum Gasteiger partial charge on any atom is 0.0701 e. The van der Waals surface area contributed by atoms with E-state index in [1.165, 1.54) is 0 Å². The molecule has 37 heavy (non-hydrogen) atoms. The van der Waals surface area contributed by atoms with Crippen LogP contribution in [0.3, 0.4) is 0 Å². The van der Waals surface area contributed by atoms with Gasteiger partial charge in [0.1, 0.15) is 0 Å². The summed E-state index contributed by atoms with van der Waals surface area (Å²) in [7, 11) is 0. The number of aliphatic hydroxyl groups excluding tert-OH is 1. The molecular formula is C24H49IO12. The highest BCUT2D eigenvalue weighted by molar-refractivity contribution is 14.1. The molecule has 0 aliphatic rings. The summed E-state index contributed by atoms with van der Waals surface area (Å²) < 4.78 is 60.1. The minimum Gasteiger partial charge on any atom is -0.394 e. The van der Waals surface area contributed by atoms with Crippen LogP contribution >= 0.6 is 22.6 Å². The van der Waals surface area contributed by atoms with Gasteiger partial charge in [0.25, 0.3) is 0 Å². The largest absolute Gasteiger partial charge is 0.394 e. The van der Waals surface area contributed by atoms with Crippen molar-refractivity contribution < 1.29 is 57.2 Å². The average molecular weight is 657 g/mol. The van der Waals surface area contributed by atoms with Crippen molar-refractivity contribution in [2.24, 2.45) is 0 Å². The smallest absolute Gasteiger partial charge is 0.0701 e. The molecule has 0 rings (SSSR count). The van der Waals surface area contributed by atoms with E-state index in [2.05, 4.69) is 22.6 Å². The van der Waals surface area contributed by atoms with Gasteiger partial charge in [0.15, 0.2) is 0 Å². The Morgan fingerprint density at radius 1 is 0.270 bits per heavy atom. The molecule has 13 heteroatoms. The van der Waals surface area contributed by atoms with Crippen LogP contribution in [0.25, 0.3) is 0 Å². The third kappa shape index (κ3) is 36.2. The number of halogens is 1. The quantitative estimate of drug-likeness (QED) is 0.0593. The molecule has 0 bridgehead atoms. The number of rotatable bonds is 34. The Kier molecular flexibility index (Phi) is 36.5. The van der Waals surface area contributed by atoms with Gasteiger partial charge in [-0.15, -0.1) is 0 Å². The van der Waals surface area contributed by atoms with Crippen LogP contribution in [-0.2, 0) is 52.1 Å². The number of hydrogen-bond donors (Lipinski definition) is 1. The molecule has 0 saturated carbocycles. The topological polar surface area (TPSA) is 122 Å². The lowest BCUT2D eigenvalue weighted by Gasteiger charge is -2.09. The summed E-state index contributed by atoms with van der Waals surface area (Å²) in [4.78, 5) is 0. The lowest BCUT2D eigenvalue weighted by atomic mass is 10.6. The highest BCUT2D eigenvalue weighted by Crippen LogP contribution is 1.87.